The van der Waals surface area contributed by atoms with Gasteiger partial charge >= 0.3 is 12.1 Å². The minimum absolute atomic E-state index is 0.0792. The number of rotatable bonds is 1. The third-order valence-electron chi connectivity index (χ3n) is 1.89. The Hall–Kier alpha value is -1.23. The van der Waals surface area contributed by atoms with Gasteiger partial charge in [0.05, 0.1) is 0 Å². The van der Waals surface area contributed by atoms with Crippen LogP contribution < -0.4 is 0 Å². The van der Waals surface area contributed by atoms with Crippen molar-refractivity contribution < 1.29 is 19.8 Å². The second-order valence-electron chi connectivity index (χ2n) is 2.74. The van der Waals surface area contributed by atoms with Crippen molar-refractivity contribution in [2.24, 2.45) is 0 Å². The number of carboxylic acid groups (broad SMARTS) is 2. The first-order valence-electron chi connectivity index (χ1n) is 3.56. The second-order valence-corrected chi connectivity index (χ2v) is 2.95. The summed E-state index contributed by atoms with van der Waals surface area (Å²) in [5, 5.41) is 17.3. The molecular formula is C7H8ClNO4. The largest absolute Gasteiger partial charge is 0.480 e. The quantitative estimate of drug-likeness (QED) is 0.668. The van der Waals surface area contributed by atoms with Gasteiger partial charge in [-0.3, -0.25) is 4.90 Å². The molecule has 1 rings (SSSR count). The Morgan fingerprint density at radius 3 is 2.46 bits per heavy atom. The van der Waals surface area contributed by atoms with E-state index in [1.807, 2.05) is 0 Å². The van der Waals surface area contributed by atoms with E-state index in [1.165, 1.54) is 5.54 Å². The summed E-state index contributed by atoms with van der Waals surface area (Å²) in [5.41, 5.74) is 1.86. The van der Waals surface area contributed by atoms with Gasteiger partial charge in [-0.05, 0) is 5.57 Å². The topological polar surface area (TPSA) is 77.8 Å². The van der Waals surface area contributed by atoms with Crippen LogP contribution in [-0.4, -0.2) is 39.8 Å². The van der Waals surface area contributed by atoms with Crippen molar-refractivity contribution in [3.8, 4) is 0 Å². The number of hydrogen-bond acceptors (Lipinski definition) is 2. The number of amides is 1. The van der Waals surface area contributed by atoms with Gasteiger partial charge in [0.2, 0.25) is 0 Å². The van der Waals surface area contributed by atoms with E-state index in [1.54, 1.807) is 0 Å². The zero-order chi connectivity index (χ0) is 10.0. The van der Waals surface area contributed by atoms with E-state index in [0.717, 1.165) is 4.90 Å². The van der Waals surface area contributed by atoms with Gasteiger partial charge in [-0.2, -0.15) is 0 Å². The molecule has 1 aliphatic heterocycles. The van der Waals surface area contributed by atoms with Crippen molar-refractivity contribution in [1.82, 2.24) is 4.90 Å². The average Bonchev–Trinajstić information content (AvgIpc) is 2.47. The number of hydrogen-bond donors (Lipinski definition) is 2. The Bertz CT molecular complexity index is 252. The fourth-order valence-electron chi connectivity index (χ4n) is 1.25. The summed E-state index contributed by atoms with van der Waals surface area (Å²) >= 11 is 5.37. The van der Waals surface area contributed by atoms with E-state index in [4.69, 9.17) is 21.8 Å². The molecule has 6 heteroatoms. The first-order valence-corrected chi connectivity index (χ1v) is 4.00. The van der Waals surface area contributed by atoms with Gasteiger partial charge in [0, 0.05) is 18.5 Å². The SMILES string of the molecule is O=C(O)[C@@H]1C/C(=C\Cl)CN1C(=O)O. The van der Waals surface area contributed by atoms with Crippen molar-refractivity contribution in [3.63, 3.8) is 0 Å². The smallest absolute Gasteiger partial charge is 0.408 e. The maximum absolute atomic E-state index is 10.6. The molecule has 2 N–H and O–H groups in total. The highest BCUT2D eigenvalue weighted by atomic mass is 35.5. The van der Waals surface area contributed by atoms with E-state index in [-0.39, 0.29) is 13.0 Å². The van der Waals surface area contributed by atoms with Gasteiger partial charge in [0.1, 0.15) is 6.04 Å². The van der Waals surface area contributed by atoms with Crippen molar-refractivity contribution in [2.75, 3.05) is 6.54 Å². The van der Waals surface area contributed by atoms with Crippen LogP contribution in [0.1, 0.15) is 6.42 Å². The normalized spacial score (nSPS) is 25.2. The molecule has 0 saturated carbocycles. The van der Waals surface area contributed by atoms with Crippen molar-refractivity contribution in [3.05, 3.63) is 11.1 Å². The van der Waals surface area contributed by atoms with Gasteiger partial charge in [0.25, 0.3) is 0 Å². The van der Waals surface area contributed by atoms with Crippen molar-refractivity contribution >= 4 is 23.7 Å². The van der Waals surface area contributed by atoms with Crippen LogP contribution in [0.2, 0.25) is 0 Å². The number of carboxylic acids is 1. The van der Waals surface area contributed by atoms with Gasteiger partial charge in [-0.15, -0.1) is 0 Å². The van der Waals surface area contributed by atoms with Crippen LogP contribution in [0, 0.1) is 0 Å². The summed E-state index contributed by atoms with van der Waals surface area (Å²) in [6.07, 6.45) is -1.06. The minimum Gasteiger partial charge on any atom is -0.480 e. The number of carbonyl (C=O) groups is 2. The standard InChI is InChI=1S/C7H8ClNO4/c8-2-4-1-5(6(10)11)9(3-4)7(12)13/h2,5H,1,3H2,(H,10,11)(H,12,13)/b4-2+/t5-/m0/s1. The van der Waals surface area contributed by atoms with Crippen LogP contribution in [0.3, 0.4) is 0 Å². The molecule has 0 aromatic rings. The molecule has 13 heavy (non-hydrogen) atoms. The maximum atomic E-state index is 10.6. The van der Waals surface area contributed by atoms with Crippen LogP contribution in [-0.2, 0) is 4.79 Å². The monoisotopic (exact) mass is 205 g/mol. The van der Waals surface area contributed by atoms with Gasteiger partial charge in [0.15, 0.2) is 0 Å². The Balaban J connectivity index is 2.83. The van der Waals surface area contributed by atoms with Gasteiger partial charge in [-0.25, -0.2) is 9.59 Å². The fourth-order valence-corrected chi connectivity index (χ4v) is 1.41. The summed E-state index contributed by atoms with van der Waals surface area (Å²) in [5.74, 6) is -1.14. The summed E-state index contributed by atoms with van der Waals surface area (Å²) in [6.45, 7) is 0.0792. The zero-order valence-electron chi connectivity index (χ0n) is 6.61. The molecule has 0 unspecified atom stereocenters. The minimum atomic E-state index is -1.24. The third-order valence-corrected chi connectivity index (χ3v) is 2.20. The lowest BCUT2D eigenvalue weighted by atomic mass is 10.2. The Morgan fingerprint density at radius 2 is 2.15 bits per heavy atom. The first-order chi connectivity index (χ1) is 6.06. The summed E-state index contributed by atoms with van der Waals surface area (Å²) < 4.78 is 0. The number of halogens is 1. The Kier molecular flexibility index (Phi) is 2.77. The highest BCUT2D eigenvalue weighted by Gasteiger charge is 2.36. The molecule has 0 aliphatic carbocycles. The molecule has 1 aliphatic rings. The predicted molar refractivity (Wildman–Crippen MR) is 44.7 cm³/mol. The third kappa shape index (κ3) is 1.92. The highest BCUT2D eigenvalue weighted by Crippen LogP contribution is 2.23. The van der Waals surface area contributed by atoms with Crippen LogP contribution >= 0.6 is 11.6 Å². The van der Waals surface area contributed by atoms with Gasteiger partial charge < -0.3 is 10.2 Å². The lowest BCUT2D eigenvalue weighted by Crippen LogP contribution is -2.39. The van der Waals surface area contributed by atoms with Crippen LogP contribution in [0.5, 0.6) is 0 Å². The molecule has 5 nitrogen and oxygen atoms in total. The average molecular weight is 206 g/mol. The molecule has 0 bridgehead atoms. The first kappa shape index (κ1) is 9.85. The predicted octanol–water partition coefficient (Wildman–Crippen LogP) is 0.946. The summed E-state index contributed by atoms with van der Waals surface area (Å²) in [7, 11) is 0. The second kappa shape index (κ2) is 3.66. The van der Waals surface area contributed by atoms with Crippen LogP contribution in [0.25, 0.3) is 0 Å². The lowest BCUT2D eigenvalue weighted by Gasteiger charge is -2.16. The highest BCUT2D eigenvalue weighted by molar-refractivity contribution is 6.25. The van der Waals surface area contributed by atoms with Crippen molar-refractivity contribution in [1.29, 1.82) is 0 Å². The fraction of sp³-hybridized carbons (Fsp3) is 0.429. The van der Waals surface area contributed by atoms with E-state index in [9.17, 15) is 9.59 Å². The van der Waals surface area contributed by atoms with Crippen molar-refractivity contribution in [2.45, 2.75) is 12.5 Å². The molecule has 1 saturated heterocycles. The molecule has 0 spiro atoms. The van der Waals surface area contributed by atoms with E-state index < -0.39 is 18.1 Å². The van der Waals surface area contributed by atoms with E-state index >= 15 is 0 Å². The maximum Gasteiger partial charge on any atom is 0.408 e. The molecule has 72 valence electrons. The van der Waals surface area contributed by atoms with Gasteiger partial charge in [-0.1, -0.05) is 11.6 Å². The van der Waals surface area contributed by atoms with Crippen LogP contribution in [0.4, 0.5) is 4.79 Å². The molecular weight excluding hydrogens is 198 g/mol. The van der Waals surface area contributed by atoms with Crippen LogP contribution in [0.15, 0.2) is 11.1 Å². The molecule has 0 aromatic heterocycles. The molecule has 1 amide bonds. The zero-order valence-corrected chi connectivity index (χ0v) is 7.36. The molecule has 0 aromatic carbocycles. The summed E-state index contributed by atoms with van der Waals surface area (Å²) in [6, 6.07) is -0.998. The van der Waals surface area contributed by atoms with E-state index in [2.05, 4.69) is 0 Å². The number of likely N-dealkylation sites (tertiary alicyclic amines) is 1. The Morgan fingerprint density at radius 1 is 1.54 bits per heavy atom. The van der Waals surface area contributed by atoms with E-state index in [0.29, 0.717) is 5.57 Å². The molecule has 0 radical (unpaired) electrons. The number of aliphatic carboxylic acids is 1. The molecule has 1 fully saturated rings. The summed E-state index contributed by atoms with van der Waals surface area (Å²) in [4.78, 5) is 22.0. The Labute approximate surface area is 79.2 Å². The molecule has 1 atom stereocenters. The molecule has 1 heterocycles. The number of nitrogens with zero attached hydrogens (tertiary/aromatic N) is 1. The lowest BCUT2D eigenvalue weighted by molar-refractivity contribution is -0.141.